The maximum atomic E-state index is 9.93. The summed E-state index contributed by atoms with van der Waals surface area (Å²) in [6.07, 6.45) is 4.17. The van der Waals surface area contributed by atoms with Crippen LogP contribution in [0.5, 0.6) is 17.2 Å². The van der Waals surface area contributed by atoms with Crippen molar-refractivity contribution >= 4 is 30.8 Å². The van der Waals surface area contributed by atoms with Crippen LogP contribution in [0.2, 0.25) is 0 Å². The summed E-state index contributed by atoms with van der Waals surface area (Å²) < 4.78 is 74.7. The fraction of sp³-hybridized carbons (Fsp3) is 0.290. The second kappa shape index (κ2) is 14.6. The van der Waals surface area contributed by atoms with Gasteiger partial charge in [-0.2, -0.15) is 5.26 Å². The Balaban J connectivity index is 0.000000393. The molecule has 0 bridgehead atoms. The SMILES string of the molecule is COc1cc(OC)c(C#N)c(OC)c1.Cc1cc(C)c(N2[C]N(c3c(C)cc(C)cc3C)C=C2)c(C)c1.[Au+].[F][Sb-]([F])([F])([F])([F])[F]. The molecule has 45 heavy (non-hydrogen) atoms. The van der Waals surface area contributed by atoms with Crippen LogP contribution < -0.4 is 24.0 Å². The predicted molar refractivity (Wildman–Crippen MR) is 162 cm³/mol. The Bertz CT molecular complexity index is 1450. The van der Waals surface area contributed by atoms with Gasteiger partial charge in [0.2, 0.25) is 6.67 Å². The van der Waals surface area contributed by atoms with E-state index in [1.807, 2.05) is 6.07 Å². The van der Waals surface area contributed by atoms with Crippen molar-refractivity contribution < 1.29 is 53.5 Å². The predicted octanol–water partition coefficient (Wildman–Crippen LogP) is 9.05. The van der Waals surface area contributed by atoms with Gasteiger partial charge >= 0.3 is 58.7 Å². The number of ether oxygens (including phenoxy) is 3. The van der Waals surface area contributed by atoms with Crippen LogP contribution >= 0.6 is 0 Å². The molecule has 0 atom stereocenters. The van der Waals surface area contributed by atoms with Gasteiger partial charge in [0.05, 0.1) is 21.3 Å². The summed E-state index contributed by atoms with van der Waals surface area (Å²) in [5.41, 5.74) is 10.5. The summed E-state index contributed by atoms with van der Waals surface area (Å²) >= 11 is -11.2. The molecule has 0 aliphatic carbocycles. The van der Waals surface area contributed by atoms with Crippen LogP contribution in [0.1, 0.15) is 38.9 Å². The average Bonchev–Trinajstić information content (AvgIpc) is 3.33. The van der Waals surface area contributed by atoms with E-state index in [2.05, 4.69) is 94.7 Å². The molecule has 0 fully saturated rings. The molecule has 250 valence electrons. The van der Waals surface area contributed by atoms with Gasteiger partial charge < -0.3 is 24.0 Å². The monoisotopic (exact) mass is 929 g/mol. The molecule has 0 aromatic heterocycles. The third kappa shape index (κ3) is 12.7. The van der Waals surface area contributed by atoms with Crippen molar-refractivity contribution in [3.05, 3.63) is 94.4 Å². The average molecular weight is 930 g/mol. The summed E-state index contributed by atoms with van der Waals surface area (Å²) in [4.78, 5) is 4.20. The zero-order valence-corrected chi connectivity index (χ0v) is 30.9. The number of hydrogen-bond donors (Lipinski definition) is 0. The molecule has 1 aliphatic heterocycles. The van der Waals surface area contributed by atoms with Crippen molar-refractivity contribution in [1.82, 2.24) is 0 Å². The van der Waals surface area contributed by atoms with Gasteiger partial charge in [0.15, 0.2) is 0 Å². The number of rotatable bonds is 5. The maximum absolute atomic E-state index is 11.2. The van der Waals surface area contributed by atoms with Gasteiger partial charge in [0, 0.05) is 35.9 Å². The summed E-state index contributed by atoms with van der Waals surface area (Å²) in [6.45, 7) is 16.4. The summed E-state index contributed by atoms with van der Waals surface area (Å²) in [5.74, 6) is 1.49. The van der Waals surface area contributed by atoms with E-state index in [0.29, 0.717) is 22.8 Å². The van der Waals surface area contributed by atoms with Crippen LogP contribution in [0, 0.1) is 59.5 Å². The number of halogens is 6. The van der Waals surface area contributed by atoms with E-state index in [1.165, 1.54) is 59.0 Å². The van der Waals surface area contributed by atoms with Crippen molar-refractivity contribution in [2.24, 2.45) is 0 Å². The first kappa shape index (κ1) is 40.1. The van der Waals surface area contributed by atoms with Crippen LogP contribution in [-0.2, 0) is 22.4 Å². The second-order valence-electron chi connectivity index (χ2n) is 10.1. The normalized spacial score (nSPS) is 13.6. The van der Waals surface area contributed by atoms with E-state index >= 15 is 0 Å². The molecule has 3 aromatic rings. The fourth-order valence-electron chi connectivity index (χ4n) is 4.79. The summed E-state index contributed by atoms with van der Waals surface area (Å²) in [7, 11) is 4.53. The molecule has 2 radical (unpaired) electrons. The number of nitrogens with zero attached hydrogens (tertiary/aromatic N) is 3. The Morgan fingerprint density at radius 1 is 0.622 bits per heavy atom. The van der Waals surface area contributed by atoms with Crippen molar-refractivity contribution in [3.8, 4) is 23.3 Å². The van der Waals surface area contributed by atoms with Crippen LogP contribution in [0.4, 0.5) is 28.3 Å². The Hall–Kier alpha value is -2.97. The topological polar surface area (TPSA) is 58.0 Å². The molecule has 0 unspecified atom stereocenters. The molecule has 14 heteroatoms. The van der Waals surface area contributed by atoms with E-state index in [4.69, 9.17) is 19.5 Å². The number of aryl methyl sites for hydroxylation is 6. The molecule has 1 aliphatic rings. The van der Waals surface area contributed by atoms with Crippen molar-refractivity contribution in [1.29, 1.82) is 5.26 Å². The second-order valence-corrected chi connectivity index (χ2v) is 15.6. The van der Waals surface area contributed by atoms with Gasteiger partial charge in [-0.15, -0.1) is 0 Å². The number of anilines is 2. The summed E-state index contributed by atoms with van der Waals surface area (Å²) in [5, 5.41) is 8.87. The number of benzene rings is 3. The van der Waals surface area contributed by atoms with Crippen LogP contribution in [-0.4, -0.2) is 40.8 Å². The van der Waals surface area contributed by atoms with E-state index in [0.717, 1.165) is 0 Å². The molecular weight excluding hydrogens is 895 g/mol. The Morgan fingerprint density at radius 3 is 1.18 bits per heavy atom. The minimum absolute atomic E-state index is 0. The molecule has 0 N–H and O–H groups in total. The third-order valence-corrected chi connectivity index (χ3v) is 6.16. The van der Waals surface area contributed by atoms with E-state index < -0.39 is 19.5 Å². The molecule has 0 saturated heterocycles. The Labute approximate surface area is 278 Å². The van der Waals surface area contributed by atoms with Gasteiger partial charge in [-0.1, -0.05) is 35.4 Å². The molecule has 3 aromatic carbocycles. The molecule has 0 amide bonds. The van der Waals surface area contributed by atoms with Crippen LogP contribution in [0.25, 0.3) is 0 Å². The number of nitriles is 1. The van der Waals surface area contributed by atoms with Crippen LogP contribution in [0.3, 0.4) is 0 Å². The molecular formula is C31H35AuF6N3O3Sb. The molecule has 1 heterocycles. The van der Waals surface area contributed by atoms with Crippen LogP contribution in [0.15, 0.2) is 48.8 Å². The molecule has 0 saturated carbocycles. The van der Waals surface area contributed by atoms with Gasteiger partial charge in [-0.25, -0.2) is 0 Å². The summed E-state index contributed by atoms with van der Waals surface area (Å²) in [6, 6.07) is 14.2. The zero-order valence-electron chi connectivity index (χ0n) is 26.2. The first-order chi connectivity index (χ1) is 20.1. The molecule has 6 nitrogen and oxygen atoms in total. The first-order valence-corrected chi connectivity index (χ1v) is 18.8. The minimum atomic E-state index is -11.2. The van der Waals surface area contributed by atoms with Gasteiger partial charge in [-0.3, -0.25) is 0 Å². The third-order valence-electron chi connectivity index (χ3n) is 6.16. The molecule has 4 rings (SSSR count). The number of methoxy groups -OCH3 is 3. The standard InChI is InChI=1S/C21H24N2.C10H11NO3.Au.6FH.Sb/c1-14-9-16(3)20(17(4)10-14)22-7-8-23(13-22)21-18(5)11-15(2)12-19(21)6;1-12-7-4-9(13-2)8(6-11)10(5-7)14-3;;;;;;;;/h7-12H,1-6H3;4-5H,1-3H3;;6*1H;/q;;+1;;;;;;;+5/p-6. The number of hydrogen-bond acceptors (Lipinski definition) is 6. The fourth-order valence-corrected chi connectivity index (χ4v) is 4.79. The Kier molecular flexibility index (Phi) is 13.0. The van der Waals surface area contributed by atoms with E-state index in [9.17, 15) is 16.9 Å². The van der Waals surface area contributed by atoms with Gasteiger partial charge in [0.25, 0.3) is 0 Å². The van der Waals surface area contributed by atoms with E-state index in [-0.39, 0.29) is 22.4 Å². The molecule has 0 spiro atoms. The zero-order chi connectivity index (χ0) is 33.7. The van der Waals surface area contributed by atoms with Crippen molar-refractivity contribution in [2.75, 3.05) is 31.1 Å². The Morgan fingerprint density at radius 2 is 0.933 bits per heavy atom. The quantitative estimate of drug-likeness (QED) is 0.188. The van der Waals surface area contributed by atoms with Gasteiger partial charge in [-0.05, 0) is 63.8 Å². The van der Waals surface area contributed by atoms with Crippen molar-refractivity contribution in [3.63, 3.8) is 0 Å². The van der Waals surface area contributed by atoms with E-state index in [1.54, 1.807) is 19.2 Å². The van der Waals surface area contributed by atoms with Gasteiger partial charge in [0.1, 0.15) is 28.9 Å². The van der Waals surface area contributed by atoms with Crippen molar-refractivity contribution in [2.45, 2.75) is 41.5 Å². The first-order valence-electron chi connectivity index (χ1n) is 13.0.